The molecule has 1 aromatic heterocycles. The molecule has 0 fully saturated rings. The van der Waals surface area contributed by atoms with Crippen LogP contribution in [0.5, 0.6) is 0 Å². The molecule has 2 rings (SSSR count). The van der Waals surface area contributed by atoms with Crippen LogP contribution in [0.15, 0.2) is 42.6 Å². The minimum atomic E-state index is -0.911. The molecule has 0 radical (unpaired) electrons. The second-order valence-corrected chi connectivity index (χ2v) is 4.42. The van der Waals surface area contributed by atoms with Gasteiger partial charge in [-0.1, -0.05) is 11.6 Å². The van der Waals surface area contributed by atoms with E-state index in [-0.39, 0.29) is 6.42 Å². The van der Waals surface area contributed by atoms with Crippen molar-refractivity contribution in [3.8, 4) is 5.69 Å². The number of nitrogens with two attached hydrogens (primary N) is 1. The Morgan fingerprint density at radius 3 is 2.61 bits per heavy atom. The van der Waals surface area contributed by atoms with Gasteiger partial charge in [-0.25, -0.2) is 0 Å². The first-order chi connectivity index (χ1) is 8.58. The molecule has 1 heterocycles. The number of aliphatic carboxylic acids is 1. The number of carboxylic acids is 1. The summed E-state index contributed by atoms with van der Waals surface area (Å²) in [5.74, 6) is -0.911. The Morgan fingerprint density at radius 1 is 1.33 bits per heavy atom. The molecule has 3 N–H and O–H groups in total. The summed E-state index contributed by atoms with van der Waals surface area (Å²) >= 11 is 5.83. The van der Waals surface area contributed by atoms with Crippen molar-refractivity contribution in [1.29, 1.82) is 0 Å². The minimum absolute atomic E-state index is 0.0996. The number of aromatic nitrogens is 1. The fourth-order valence-corrected chi connectivity index (χ4v) is 1.95. The van der Waals surface area contributed by atoms with Gasteiger partial charge in [0.25, 0.3) is 0 Å². The van der Waals surface area contributed by atoms with Crippen molar-refractivity contribution in [2.24, 2.45) is 5.73 Å². The smallest absolute Gasteiger partial charge is 0.305 e. The second kappa shape index (κ2) is 5.25. The highest BCUT2D eigenvalue weighted by Crippen LogP contribution is 2.21. The van der Waals surface area contributed by atoms with Gasteiger partial charge in [-0.2, -0.15) is 0 Å². The fourth-order valence-electron chi connectivity index (χ4n) is 1.83. The monoisotopic (exact) mass is 264 g/mol. The van der Waals surface area contributed by atoms with Gasteiger partial charge in [-0.3, -0.25) is 4.79 Å². The third-order valence-electron chi connectivity index (χ3n) is 2.66. The van der Waals surface area contributed by atoms with Crippen LogP contribution in [-0.2, 0) is 4.79 Å². The molecule has 2 aromatic rings. The maximum Gasteiger partial charge on any atom is 0.305 e. The van der Waals surface area contributed by atoms with E-state index < -0.39 is 12.0 Å². The fraction of sp³-hybridized carbons (Fsp3) is 0.154. The van der Waals surface area contributed by atoms with E-state index in [0.717, 1.165) is 11.4 Å². The van der Waals surface area contributed by atoms with Crippen molar-refractivity contribution in [2.45, 2.75) is 12.5 Å². The van der Waals surface area contributed by atoms with E-state index >= 15 is 0 Å². The van der Waals surface area contributed by atoms with E-state index in [4.69, 9.17) is 22.4 Å². The SMILES string of the molecule is NC(CC(=O)O)c1cccn1-c1ccc(Cl)cc1. The Kier molecular flexibility index (Phi) is 3.69. The molecule has 4 nitrogen and oxygen atoms in total. The molecular weight excluding hydrogens is 252 g/mol. The van der Waals surface area contributed by atoms with Gasteiger partial charge in [0.1, 0.15) is 0 Å². The molecule has 0 aliphatic rings. The summed E-state index contributed by atoms with van der Waals surface area (Å²) in [5.41, 5.74) is 7.55. The van der Waals surface area contributed by atoms with Crippen LogP contribution in [0.25, 0.3) is 5.69 Å². The first-order valence-electron chi connectivity index (χ1n) is 5.48. The lowest BCUT2D eigenvalue weighted by atomic mass is 10.1. The Hall–Kier alpha value is -1.78. The molecule has 5 heteroatoms. The molecule has 0 aliphatic carbocycles. The third-order valence-corrected chi connectivity index (χ3v) is 2.91. The lowest BCUT2D eigenvalue weighted by Gasteiger charge is -2.14. The van der Waals surface area contributed by atoms with Crippen molar-refractivity contribution < 1.29 is 9.90 Å². The van der Waals surface area contributed by atoms with E-state index in [9.17, 15) is 4.79 Å². The molecule has 18 heavy (non-hydrogen) atoms. The van der Waals surface area contributed by atoms with Crippen molar-refractivity contribution >= 4 is 17.6 Å². The number of carboxylic acid groups (broad SMARTS) is 1. The minimum Gasteiger partial charge on any atom is -0.481 e. The number of hydrogen-bond donors (Lipinski definition) is 2. The van der Waals surface area contributed by atoms with Gasteiger partial charge in [0.2, 0.25) is 0 Å². The van der Waals surface area contributed by atoms with Gasteiger partial charge in [-0.15, -0.1) is 0 Å². The maximum absolute atomic E-state index is 10.7. The number of rotatable bonds is 4. The number of carbonyl (C=O) groups is 1. The summed E-state index contributed by atoms with van der Waals surface area (Å²) in [6.45, 7) is 0. The maximum atomic E-state index is 10.7. The van der Waals surface area contributed by atoms with E-state index in [1.807, 2.05) is 35.0 Å². The van der Waals surface area contributed by atoms with Crippen LogP contribution in [-0.4, -0.2) is 15.6 Å². The summed E-state index contributed by atoms with van der Waals surface area (Å²) in [6.07, 6.45) is 1.75. The molecule has 1 aromatic carbocycles. The van der Waals surface area contributed by atoms with E-state index in [0.29, 0.717) is 5.02 Å². The summed E-state index contributed by atoms with van der Waals surface area (Å²) < 4.78 is 1.87. The largest absolute Gasteiger partial charge is 0.481 e. The topological polar surface area (TPSA) is 68.2 Å². The summed E-state index contributed by atoms with van der Waals surface area (Å²) in [4.78, 5) is 10.7. The zero-order valence-corrected chi connectivity index (χ0v) is 10.3. The zero-order valence-electron chi connectivity index (χ0n) is 9.58. The van der Waals surface area contributed by atoms with Crippen LogP contribution in [0, 0.1) is 0 Å². The normalized spacial score (nSPS) is 12.3. The summed E-state index contributed by atoms with van der Waals surface area (Å²) in [6, 6.07) is 10.4. The number of halogens is 1. The van der Waals surface area contributed by atoms with Crippen molar-refractivity contribution in [1.82, 2.24) is 4.57 Å². The lowest BCUT2D eigenvalue weighted by molar-refractivity contribution is -0.137. The average molecular weight is 265 g/mol. The van der Waals surface area contributed by atoms with Gasteiger partial charge in [0, 0.05) is 22.6 Å². The zero-order chi connectivity index (χ0) is 13.1. The molecule has 1 unspecified atom stereocenters. The van der Waals surface area contributed by atoms with Crippen LogP contribution in [0.3, 0.4) is 0 Å². The van der Waals surface area contributed by atoms with Crippen LogP contribution < -0.4 is 5.73 Å². The highest BCUT2D eigenvalue weighted by Gasteiger charge is 2.14. The number of hydrogen-bond acceptors (Lipinski definition) is 2. The van der Waals surface area contributed by atoms with E-state index in [2.05, 4.69) is 0 Å². The van der Waals surface area contributed by atoms with Crippen LogP contribution in [0.4, 0.5) is 0 Å². The molecule has 0 aliphatic heterocycles. The Balaban J connectivity index is 2.32. The highest BCUT2D eigenvalue weighted by atomic mass is 35.5. The first kappa shape index (κ1) is 12.7. The van der Waals surface area contributed by atoms with Crippen LogP contribution in [0.1, 0.15) is 18.2 Å². The van der Waals surface area contributed by atoms with Gasteiger partial charge >= 0.3 is 5.97 Å². The van der Waals surface area contributed by atoms with E-state index in [1.54, 1.807) is 12.1 Å². The predicted molar refractivity (Wildman–Crippen MR) is 70.0 cm³/mol. The quantitative estimate of drug-likeness (QED) is 0.892. The molecule has 0 saturated heterocycles. The van der Waals surface area contributed by atoms with Gasteiger partial charge < -0.3 is 15.4 Å². The summed E-state index contributed by atoms with van der Waals surface area (Å²) in [7, 11) is 0. The highest BCUT2D eigenvalue weighted by molar-refractivity contribution is 6.30. The lowest BCUT2D eigenvalue weighted by Crippen LogP contribution is -2.18. The van der Waals surface area contributed by atoms with Gasteiger partial charge in [-0.05, 0) is 36.4 Å². The Morgan fingerprint density at radius 2 is 2.00 bits per heavy atom. The van der Waals surface area contributed by atoms with Gasteiger partial charge in [0.15, 0.2) is 0 Å². The van der Waals surface area contributed by atoms with Crippen molar-refractivity contribution in [2.75, 3.05) is 0 Å². The molecule has 0 saturated carbocycles. The van der Waals surface area contributed by atoms with E-state index in [1.165, 1.54) is 0 Å². The Labute approximate surface area is 110 Å². The molecule has 1 atom stereocenters. The molecular formula is C13H13ClN2O2. The van der Waals surface area contributed by atoms with Crippen molar-refractivity contribution in [3.63, 3.8) is 0 Å². The first-order valence-corrected chi connectivity index (χ1v) is 5.86. The van der Waals surface area contributed by atoms with Crippen LogP contribution >= 0.6 is 11.6 Å². The molecule has 0 bridgehead atoms. The molecule has 0 amide bonds. The standard InChI is InChI=1S/C13H13ClN2O2/c14-9-3-5-10(6-4-9)16-7-1-2-12(16)11(15)8-13(17)18/h1-7,11H,8,15H2,(H,17,18). The summed E-state index contributed by atoms with van der Waals surface area (Å²) in [5, 5.41) is 9.43. The Bertz CT molecular complexity index is 548. The number of benzene rings is 1. The third kappa shape index (κ3) is 2.72. The van der Waals surface area contributed by atoms with Crippen LogP contribution in [0.2, 0.25) is 5.02 Å². The average Bonchev–Trinajstić information content (AvgIpc) is 2.78. The number of nitrogens with zero attached hydrogens (tertiary/aromatic N) is 1. The second-order valence-electron chi connectivity index (χ2n) is 3.98. The van der Waals surface area contributed by atoms with Crippen molar-refractivity contribution in [3.05, 3.63) is 53.3 Å². The van der Waals surface area contributed by atoms with Gasteiger partial charge in [0.05, 0.1) is 12.5 Å². The predicted octanol–water partition coefficient (Wildman–Crippen LogP) is 2.61. The molecule has 0 spiro atoms. The molecule has 94 valence electrons.